The molecule has 2 rings (SSSR count). The summed E-state index contributed by atoms with van der Waals surface area (Å²) in [6, 6.07) is 3.69. The third-order valence-electron chi connectivity index (χ3n) is 5.19. The molecule has 0 unspecified atom stereocenters. The fourth-order valence-electron chi connectivity index (χ4n) is 3.41. The average molecular weight is 444 g/mol. The van der Waals surface area contributed by atoms with Crippen LogP contribution >= 0.6 is 11.6 Å². The molecule has 0 aliphatic heterocycles. The van der Waals surface area contributed by atoms with E-state index in [9.17, 15) is 4.79 Å². The van der Waals surface area contributed by atoms with Crippen LogP contribution in [0, 0.1) is 6.92 Å². The first kappa shape index (κ1) is 24.8. The maximum absolute atomic E-state index is 13.1. The summed E-state index contributed by atoms with van der Waals surface area (Å²) in [4.78, 5) is 14.9. The second-order valence-electron chi connectivity index (χ2n) is 7.74. The first-order valence-corrected chi connectivity index (χ1v) is 11.3. The van der Waals surface area contributed by atoms with Gasteiger partial charge in [0.05, 0.1) is 10.6 Å². The highest BCUT2D eigenvalue weighted by Crippen LogP contribution is 2.36. The van der Waals surface area contributed by atoms with Gasteiger partial charge in [-0.1, -0.05) is 36.2 Å². The van der Waals surface area contributed by atoms with Gasteiger partial charge in [0.2, 0.25) is 0 Å². The van der Waals surface area contributed by atoms with E-state index >= 15 is 0 Å². The number of amides is 1. The summed E-state index contributed by atoms with van der Waals surface area (Å²) in [6.45, 7) is 15.2. The Bertz CT molecular complexity index is 1020. The highest BCUT2D eigenvalue weighted by Gasteiger charge is 2.22. The van der Waals surface area contributed by atoms with Crippen LogP contribution in [0.15, 0.2) is 51.7 Å². The Morgan fingerprint density at radius 1 is 1.16 bits per heavy atom. The molecule has 0 saturated heterocycles. The van der Waals surface area contributed by atoms with Crippen LogP contribution in [0.25, 0.3) is 11.0 Å². The summed E-state index contributed by atoms with van der Waals surface area (Å²) in [5.74, 6) is 1.87. The Morgan fingerprint density at radius 3 is 2.39 bits per heavy atom. The number of benzene rings is 1. The number of likely N-dealkylation sites (N-methyl/N-ethyl adjacent to an activating group) is 1. The van der Waals surface area contributed by atoms with E-state index in [4.69, 9.17) is 20.8 Å². The molecule has 1 aromatic carbocycles. The molecule has 0 radical (unpaired) electrons. The largest absolute Gasteiger partial charge is 0.461 e. The predicted molar refractivity (Wildman–Crippen MR) is 130 cm³/mol. The molecule has 1 amide bonds. The summed E-state index contributed by atoms with van der Waals surface area (Å²) < 4.78 is 12.3. The number of rotatable bonds is 9. The SMILES string of the molecule is CC=C(C(=O)N(CC)CC)C(=CC=C(C)C)Oc1cc2c(C)c(CCC)oc2cc1Cl. The first-order chi connectivity index (χ1) is 14.8. The molecule has 4 nitrogen and oxygen atoms in total. The van der Waals surface area contributed by atoms with Crippen molar-refractivity contribution < 1.29 is 13.9 Å². The van der Waals surface area contributed by atoms with Gasteiger partial charge in [-0.3, -0.25) is 4.79 Å². The van der Waals surface area contributed by atoms with Crippen molar-refractivity contribution in [2.75, 3.05) is 13.1 Å². The van der Waals surface area contributed by atoms with Gasteiger partial charge in [-0.25, -0.2) is 0 Å². The van der Waals surface area contributed by atoms with Gasteiger partial charge in [-0.15, -0.1) is 0 Å². The normalized spacial score (nSPS) is 12.3. The highest BCUT2D eigenvalue weighted by atomic mass is 35.5. The van der Waals surface area contributed by atoms with Crippen molar-refractivity contribution in [2.24, 2.45) is 0 Å². The number of ether oxygens (including phenoxy) is 1. The number of allylic oxidation sites excluding steroid dienone is 4. The minimum atomic E-state index is -0.0668. The zero-order valence-corrected chi connectivity index (χ0v) is 20.5. The monoisotopic (exact) mass is 443 g/mol. The molecule has 1 heterocycles. The Labute approximate surface area is 191 Å². The zero-order chi connectivity index (χ0) is 23.1. The molecule has 0 aliphatic carbocycles. The fraction of sp³-hybridized carbons (Fsp3) is 0.423. The van der Waals surface area contributed by atoms with Crippen LogP contribution in [0.1, 0.15) is 59.3 Å². The van der Waals surface area contributed by atoms with Crippen LogP contribution in [0.3, 0.4) is 0 Å². The van der Waals surface area contributed by atoms with Crippen molar-refractivity contribution in [3.63, 3.8) is 0 Å². The van der Waals surface area contributed by atoms with Gasteiger partial charge in [0.15, 0.2) is 0 Å². The maximum Gasteiger partial charge on any atom is 0.257 e. The van der Waals surface area contributed by atoms with Gasteiger partial charge in [0, 0.05) is 31.0 Å². The molecule has 0 spiro atoms. The van der Waals surface area contributed by atoms with Crippen LogP contribution in [0.2, 0.25) is 5.02 Å². The molecule has 168 valence electrons. The van der Waals surface area contributed by atoms with Crippen molar-refractivity contribution in [3.05, 3.63) is 63.6 Å². The number of carbonyl (C=O) groups is 1. The second-order valence-corrected chi connectivity index (χ2v) is 8.14. The Morgan fingerprint density at radius 2 is 1.84 bits per heavy atom. The van der Waals surface area contributed by atoms with Gasteiger partial charge in [0.25, 0.3) is 5.91 Å². The van der Waals surface area contributed by atoms with E-state index in [0.29, 0.717) is 35.2 Å². The molecular formula is C26H34ClNO3. The highest BCUT2D eigenvalue weighted by molar-refractivity contribution is 6.32. The number of hydrogen-bond acceptors (Lipinski definition) is 3. The smallest absolute Gasteiger partial charge is 0.257 e. The number of aryl methyl sites for hydroxylation is 2. The van der Waals surface area contributed by atoms with Crippen LogP contribution in [0.4, 0.5) is 0 Å². The molecule has 0 saturated carbocycles. The topological polar surface area (TPSA) is 42.7 Å². The van der Waals surface area contributed by atoms with E-state index < -0.39 is 0 Å². The molecular weight excluding hydrogens is 410 g/mol. The van der Waals surface area contributed by atoms with E-state index in [0.717, 1.165) is 40.7 Å². The minimum Gasteiger partial charge on any atom is -0.461 e. The molecule has 1 aromatic heterocycles. The number of furan rings is 1. The van der Waals surface area contributed by atoms with Gasteiger partial charge < -0.3 is 14.1 Å². The van der Waals surface area contributed by atoms with E-state index in [1.54, 1.807) is 17.0 Å². The molecule has 0 N–H and O–H groups in total. The molecule has 2 aromatic rings. The minimum absolute atomic E-state index is 0.0668. The third kappa shape index (κ3) is 5.82. The lowest BCUT2D eigenvalue weighted by Gasteiger charge is -2.22. The number of carbonyl (C=O) groups excluding carboxylic acids is 1. The van der Waals surface area contributed by atoms with Crippen LogP contribution in [0.5, 0.6) is 5.75 Å². The number of nitrogens with zero attached hydrogens (tertiary/aromatic N) is 1. The Hall–Kier alpha value is -2.46. The number of halogens is 1. The lowest BCUT2D eigenvalue weighted by Crippen LogP contribution is -2.32. The molecule has 0 fully saturated rings. The zero-order valence-electron chi connectivity index (χ0n) is 19.8. The predicted octanol–water partition coefficient (Wildman–Crippen LogP) is 7.39. The standard InChI is InChI=1S/C26H34ClNO3/c1-8-12-22-18(7)20-15-25(21(27)16-24(20)30-22)31-23(14-13-17(5)6)19(9-2)26(29)28(10-3)11-4/h9,13-16H,8,10-12H2,1-7H3. The number of fused-ring (bicyclic) bond motifs is 1. The lowest BCUT2D eigenvalue weighted by molar-refractivity contribution is -0.126. The third-order valence-corrected chi connectivity index (χ3v) is 5.49. The van der Waals surface area contributed by atoms with Crippen molar-refractivity contribution in [1.82, 2.24) is 4.90 Å². The molecule has 0 atom stereocenters. The Balaban J connectivity index is 2.54. The lowest BCUT2D eigenvalue weighted by atomic mass is 10.1. The van der Waals surface area contributed by atoms with E-state index in [2.05, 4.69) is 13.8 Å². The van der Waals surface area contributed by atoms with Crippen LogP contribution < -0.4 is 4.74 Å². The van der Waals surface area contributed by atoms with E-state index in [1.807, 2.05) is 52.8 Å². The molecule has 31 heavy (non-hydrogen) atoms. The van der Waals surface area contributed by atoms with Gasteiger partial charge in [0.1, 0.15) is 22.9 Å². The second kappa shape index (κ2) is 11.2. The molecule has 0 aliphatic rings. The summed E-state index contributed by atoms with van der Waals surface area (Å²) in [5.41, 5.74) is 3.45. The quantitative estimate of drug-likeness (QED) is 0.230. The summed E-state index contributed by atoms with van der Waals surface area (Å²) >= 11 is 6.55. The summed E-state index contributed by atoms with van der Waals surface area (Å²) in [7, 11) is 0. The van der Waals surface area contributed by atoms with Crippen molar-refractivity contribution in [2.45, 2.75) is 61.3 Å². The Kier molecular flexibility index (Phi) is 9.00. The fourth-order valence-corrected chi connectivity index (χ4v) is 3.60. The first-order valence-electron chi connectivity index (χ1n) is 11.0. The van der Waals surface area contributed by atoms with Gasteiger partial charge in [-0.2, -0.15) is 0 Å². The van der Waals surface area contributed by atoms with Gasteiger partial charge in [-0.05, 0) is 65.7 Å². The summed E-state index contributed by atoms with van der Waals surface area (Å²) in [6.07, 6.45) is 7.44. The molecule has 0 bridgehead atoms. The summed E-state index contributed by atoms with van der Waals surface area (Å²) in [5, 5.41) is 1.42. The average Bonchev–Trinajstić information content (AvgIpc) is 3.02. The van der Waals surface area contributed by atoms with E-state index in [1.165, 1.54) is 0 Å². The van der Waals surface area contributed by atoms with Crippen molar-refractivity contribution in [1.29, 1.82) is 0 Å². The van der Waals surface area contributed by atoms with Crippen molar-refractivity contribution in [3.8, 4) is 5.75 Å². The van der Waals surface area contributed by atoms with Gasteiger partial charge >= 0.3 is 0 Å². The van der Waals surface area contributed by atoms with Crippen molar-refractivity contribution >= 4 is 28.5 Å². The van der Waals surface area contributed by atoms with E-state index in [-0.39, 0.29) is 5.91 Å². The number of hydrogen-bond donors (Lipinski definition) is 0. The van der Waals surface area contributed by atoms with Crippen LogP contribution in [-0.2, 0) is 11.2 Å². The van der Waals surface area contributed by atoms with Crippen LogP contribution in [-0.4, -0.2) is 23.9 Å². The molecule has 5 heteroatoms. The maximum atomic E-state index is 13.1.